The zero-order chi connectivity index (χ0) is 16.9. The van der Waals surface area contributed by atoms with Crippen LogP contribution in [0.5, 0.6) is 5.75 Å². The minimum Gasteiger partial charge on any atom is -0.490 e. The summed E-state index contributed by atoms with van der Waals surface area (Å²) < 4.78 is 11.2. The van der Waals surface area contributed by atoms with Crippen molar-refractivity contribution in [2.75, 3.05) is 12.4 Å². The quantitative estimate of drug-likeness (QED) is 0.820. The van der Waals surface area contributed by atoms with Gasteiger partial charge in [0.1, 0.15) is 11.4 Å². The number of carbonyl (C=O) groups excluding carboxylic acids is 1. The molecule has 0 heterocycles. The number of methoxy groups -OCH3 is 1. The van der Waals surface area contributed by atoms with Gasteiger partial charge in [0, 0.05) is 12.8 Å². The van der Waals surface area contributed by atoms with Crippen LogP contribution in [-0.4, -0.2) is 24.7 Å². The predicted octanol–water partition coefficient (Wildman–Crippen LogP) is 4.23. The Labute approximate surface area is 134 Å². The first-order chi connectivity index (χ1) is 10.2. The number of aryl methyl sites for hydroxylation is 2. The van der Waals surface area contributed by atoms with Gasteiger partial charge in [0.15, 0.2) is 0 Å². The van der Waals surface area contributed by atoms with Crippen LogP contribution in [0.2, 0.25) is 0 Å². The summed E-state index contributed by atoms with van der Waals surface area (Å²) in [6, 6.07) is 3.87. The molecular formula is C18H29NO3. The van der Waals surface area contributed by atoms with E-state index in [1.165, 1.54) is 0 Å². The molecule has 4 nitrogen and oxygen atoms in total. The number of hydrogen-bond acceptors (Lipinski definition) is 3. The third-order valence-electron chi connectivity index (χ3n) is 3.73. The zero-order valence-corrected chi connectivity index (χ0v) is 14.9. The molecule has 0 aliphatic heterocycles. The third-order valence-corrected chi connectivity index (χ3v) is 3.73. The van der Waals surface area contributed by atoms with Crippen molar-refractivity contribution in [2.24, 2.45) is 0 Å². The minimum absolute atomic E-state index is 0.117. The van der Waals surface area contributed by atoms with Gasteiger partial charge in [0.05, 0.1) is 6.10 Å². The molecule has 0 radical (unpaired) electrons. The second-order valence-electron chi connectivity index (χ2n) is 6.24. The number of rotatable bonds is 7. The van der Waals surface area contributed by atoms with E-state index in [9.17, 15) is 4.79 Å². The summed E-state index contributed by atoms with van der Waals surface area (Å²) in [6.45, 7) is 11.8. The van der Waals surface area contributed by atoms with Crippen molar-refractivity contribution in [3.05, 3.63) is 23.3 Å². The van der Waals surface area contributed by atoms with Crippen molar-refractivity contribution in [3.8, 4) is 5.75 Å². The lowest BCUT2D eigenvalue weighted by atomic mass is 9.99. The number of ether oxygens (including phenoxy) is 2. The number of anilines is 1. The van der Waals surface area contributed by atoms with Crippen LogP contribution in [0.4, 0.5) is 5.69 Å². The molecule has 0 saturated carbocycles. The van der Waals surface area contributed by atoms with Crippen LogP contribution < -0.4 is 10.1 Å². The van der Waals surface area contributed by atoms with Crippen molar-refractivity contribution in [2.45, 2.75) is 66.1 Å². The van der Waals surface area contributed by atoms with E-state index in [1.54, 1.807) is 7.11 Å². The Morgan fingerprint density at radius 3 is 2.23 bits per heavy atom. The molecular weight excluding hydrogens is 278 g/mol. The fourth-order valence-electron chi connectivity index (χ4n) is 2.49. The summed E-state index contributed by atoms with van der Waals surface area (Å²) in [5.74, 6) is 0.768. The maximum atomic E-state index is 12.5. The Morgan fingerprint density at radius 2 is 1.82 bits per heavy atom. The summed E-state index contributed by atoms with van der Waals surface area (Å²) >= 11 is 0. The Balaban J connectivity index is 2.97. The van der Waals surface area contributed by atoms with Gasteiger partial charge >= 0.3 is 0 Å². The van der Waals surface area contributed by atoms with E-state index in [0.717, 1.165) is 29.0 Å². The van der Waals surface area contributed by atoms with Gasteiger partial charge in [-0.1, -0.05) is 13.3 Å². The SMILES string of the molecule is CCCC(C)(OC)C(=O)Nc1cc(C)c(OC(C)C)c(C)c1. The van der Waals surface area contributed by atoms with Crippen molar-refractivity contribution in [1.29, 1.82) is 0 Å². The molecule has 22 heavy (non-hydrogen) atoms. The molecule has 4 heteroatoms. The predicted molar refractivity (Wildman–Crippen MR) is 90.6 cm³/mol. The highest BCUT2D eigenvalue weighted by atomic mass is 16.5. The second-order valence-corrected chi connectivity index (χ2v) is 6.24. The molecule has 1 aromatic carbocycles. The Hall–Kier alpha value is -1.55. The molecule has 0 aliphatic rings. The van der Waals surface area contributed by atoms with Crippen LogP contribution in [0.15, 0.2) is 12.1 Å². The van der Waals surface area contributed by atoms with Gasteiger partial charge < -0.3 is 14.8 Å². The molecule has 0 saturated heterocycles. The molecule has 1 unspecified atom stereocenters. The highest BCUT2D eigenvalue weighted by Crippen LogP contribution is 2.29. The number of nitrogens with one attached hydrogen (secondary N) is 1. The van der Waals surface area contributed by atoms with Crippen LogP contribution in [0.25, 0.3) is 0 Å². The van der Waals surface area contributed by atoms with Crippen LogP contribution in [0.1, 0.15) is 51.7 Å². The minimum atomic E-state index is -0.802. The number of benzene rings is 1. The molecule has 1 aromatic rings. The summed E-state index contributed by atoms with van der Waals surface area (Å²) in [4.78, 5) is 12.5. The first-order valence-electron chi connectivity index (χ1n) is 7.88. The molecule has 0 aliphatic carbocycles. The van der Waals surface area contributed by atoms with Gasteiger partial charge in [-0.05, 0) is 64.3 Å². The normalized spacial score (nSPS) is 13.8. The molecule has 0 aromatic heterocycles. The average molecular weight is 307 g/mol. The monoisotopic (exact) mass is 307 g/mol. The largest absolute Gasteiger partial charge is 0.490 e. The topological polar surface area (TPSA) is 47.6 Å². The number of hydrogen-bond donors (Lipinski definition) is 1. The van der Waals surface area contributed by atoms with E-state index < -0.39 is 5.60 Å². The Kier molecular flexibility index (Phi) is 6.42. The van der Waals surface area contributed by atoms with E-state index >= 15 is 0 Å². The van der Waals surface area contributed by atoms with Crippen LogP contribution in [-0.2, 0) is 9.53 Å². The van der Waals surface area contributed by atoms with Gasteiger partial charge in [-0.3, -0.25) is 4.79 Å². The molecule has 0 spiro atoms. The van der Waals surface area contributed by atoms with Crippen molar-refractivity contribution < 1.29 is 14.3 Å². The van der Waals surface area contributed by atoms with Crippen LogP contribution >= 0.6 is 0 Å². The van der Waals surface area contributed by atoms with Gasteiger partial charge in [0.2, 0.25) is 0 Å². The second kappa shape index (κ2) is 7.63. The zero-order valence-electron chi connectivity index (χ0n) is 14.9. The number of carbonyl (C=O) groups is 1. The van der Waals surface area contributed by atoms with Gasteiger partial charge in [-0.25, -0.2) is 0 Å². The molecule has 1 amide bonds. The molecule has 1 atom stereocenters. The molecule has 1 rings (SSSR count). The van der Waals surface area contributed by atoms with E-state index in [-0.39, 0.29) is 12.0 Å². The molecule has 0 fully saturated rings. The lowest BCUT2D eigenvalue weighted by Crippen LogP contribution is -2.41. The Morgan fingerprint density at radius 1 is 1.27 bits per heavy atom. The fraction of sp³-hybridized carbons (Fsp3) is 0.611. The van der Waals surface area contributed by atoms with Crippen LogP contribution in [0, 0.1) is 13.8 Å². The molecule has 1 N–H and O–H groups in total. The maximum Gasteiger partial charge on any atom is 0.256 e. The average Bonchev–Trinajstić information content (AvgIpc) is 2.42. The third kappa shape index (κ3) is 4.47. The first kappa shape index (κ1) is 18.5. The lowest BCUT2D eigenvalue weighted by Gasteiger charge is -2.26. The molecule has 0 bridgehead atoms. The smallest absolute Gasteiger partial charge is 0.256 e. The van der Waals surface area contributed by atoms with Crippen molar-refractivity contribution in [3.63, 3.8) is 0 Å². The number of amides is 1. The van der Waals surface area contributed by atoms with E-state index in [4.69, 9.17) is 9.47 Å². The summed E-state index contributed by atoms with van der Waals surface area (Å²) in [5.41, 5.74) is 2.00. The van der Waals surface area contributed by atoms with E-state index in [2.05, 4.69) is 5.32 Å². The van der Waals surface area contributed by atoms with Crippen LogP contribution in [0.3, 0.4) is 0 Å². The summed E-state index contributed by atoms with van der Waals surface area (Å²) in [6.07, 6.45) is 1.69. The first-order valence-corrected chi connectivity index (χ1v) is 7.88. The summed E-state index contributed by atoms with van der Waals surface area (Å²) in [7, 11) is 1.57. The highest BCUT2D eigenvalue weighted by Gasteiger charge is 2.32. The lowest BCUT2D eigenvalue weighted by molar-refractivity contribution is -0.136. The summed E-state index contributed by atoms with van der Waals surface area (Å²) in [5, 5.41) is 2.96. The Bertz CT molecular complexity index is 502. The van der Waals surface area contributed by atoms with E-state index in [0.29, 0.717) is 6.42 Å². The highest BCUT2D eigenvalue weighted by molar-refractivity contribution is 5.97. The van der Waals surface area contributed by atoms with E-state index in [1.807, 2.05) is 53.7 Å². The standard InChI is InChI=1S/C18H29NO3/c1-8-9-18(6,21-7)17(20)19-15-10-13(4)16(14(5)11-15)22-12(2)3/h10-12H,8-9H2,1-7H3,(H,19,20). The maximum absolute atomic E-state index is 12.5. The van der Waals surface area contributed by atoms with Crippen molar-refractivity contribution in [1.82, 2.24) is 0 Å². The fourth-order valence-corrected chi connectivity index (χ4v) is 2.49. The van der Waals surface area contributed by atoms with Gasteiger partial charge in [-0.15, -0.1) is 0 Å². The van der Waals surface area contributed by atoms with Crippen molar-refractivity contribution >= 4 is 11.6 Å². The molecule has 124 valence electrons. The van der Waals surface area contributed by atoms with Gasteiger partial charge in [0.25, 0.3) is 5.91 Å². The van der Waals surface area contributed by atoms with Gasteiger partial charge in [-0.2, -0.15) is 0 Å².